The van der Waals surface area contributed by atoms with Crippen LogP contribution in [0.4, 0.5) is 0 Å². The molecule has 0 saturated heterocycles. The third-order valence-electron chi connectivity index (χ3n) is 1.21. The smallest absolute Gasteiger partial charge is 0.0607 e. The minimum absolute atomic E-state index is 0.681. The van der Waals surface area contributed by atoms with E-state index in [0.29, 0.717) is 6.54 Å². The molecule has 0 bridgehead atoms. The Labute approximate surface area is 69.8 Å². The summed E-state index contributed by atoms with van der Waals surface area (Å²) < 4.78 is 0. The lowest BCUT2D eigenvalue weighted by molar-refractivity contribution is 0.425. The fourth-order valence-corrected chi connectivity index (χ4v) is 0.616. The number of terminal acetylenes is 1. The highest BCUT2D eigenvalue weighted by Gasteiger charge is 1.88. The van der Waals surface area contributed by atoms with Gasteiger partial charge in [0.05, 0.1) is 13.1 Å². The average Bonchev–Trinajstić information content (AvgIpc) is 1.99. The van der Waals surface area contributed by atoms with E-state index in [1.165, 1.54) is 0 Å². The van der Waals surface area contributed by atoms with E-state index in [4.69, 9.17) is 6.42 Å². The fourth-order valence-electron chi connectivity index (χ4n) is 0.616. The van der Waals surface area contributed by atoms with Crippen molar-refractivity contribution in [3.63, 3.8) is 0 Å². The zero-order valence-corrected chi connectivity index (χ0v) is 7.35. The SMILES string of the molecule is C#CCN(C)CC#CCCC. The van der Waals surface area contributed by atoms with Crippen LogP contribution in [0.3, 0.4) is 0 Å². The second-order valence-corrected chi connectivity index (χ2v) is 2.48. The lowest BCUT2D eigenvalue weighted by atomic mass is 10.3. The number of nitrogens with zero attached hydrogens (tertiary/aromatic N) is 1. The van der Waals surface area contributed by atoms with Crippen LogP contribution >= 0.6 is 0 Å². The van der Waals surface area contributed by atoms with Crippen LogP contribution in [0, 0.1) is 24.2 Å². The van der Waals surface area contributed by atoms with Crippen LogP contribution in [-0.2, 0) is 0 Å². The normalized spacial score (nSPS) is 8.55. The molecule has 0 aliphatic heterocycles. The van der Waals surface area contributed by atoms with Gasteiger partial charge in [0.1, 0.15) is 0 Å². The molecule has 60 valence electrons. The Morgan fingerprint density at radius 1 is 1.27 bits per heavy atom. The third kappa shape index (κ3) is 6.97. The molecule has 11 heavy (non-hydrogen) atoms. The summed E-state index contributed by atoms with van der Waals surface area (Å²) in [6, 6.07) is 0. The minimum atomic E-state index is 0.681. The lowest BCUT2D eigenvalue weighted by Gasteiger charge is -2.06. The Morgan fingerprint density at radius 3 is 2.55 bits per heavy atom. The number of hydrogen-bond donors (Lipinski definition) is 0. The number of hydrogen-bond acceptors (Lipinski definition) is 1. The van der Waals surface area contributed by atoms with Crippen molar-refractivity contribution in [2.24, 2.45) is 0 Å². The average molecular weight is 149 g/mol. The molecule has 0 aromatic rings. The Hall–Kier alpha value is -0.920. The van der Waals surface area contributed by atoms with Crippen LogP contribution in [0.5, 0.6) is 0 Å². The van der Waals surface area contributed by atoms with Crippen molar-refractivity contribution in [1.29, 1.82) is 0 Å². The summed E-state index contributed by atoms with van der Waals surface area (Å²) in [5.41, 5.74) is 0. The molecular weight excluding hydrogens is 134 g/mol. The topological polar surface area (TPSA) is 3.24 Å². The van der Waals surface area contributed by atoms with Crippen molar-refractivity contribution in [2.45, 2.75) is 19.8 Å². The Morgan fingerprint density at radius 2 is 2.00 bits per heavy atom. The van der Waals surface area contributed by atoms with E-state index in [1.807, 2.05) is 11.9 Å². The largest absolute Gasteiger partial charge is 0.284 e. The summed E-state index contributed by atoms with van der Waals surface area (Å²) in [5, 5.41) is 0. The van der Waals surface area contributed by atoms with Crippen LogP contribution in [0.15, 0.2) is 0 Å². The van der Waals surface area contributed by atoms with Crippen LogP contribution in [0.1, 0.15) is 19.8 Å². The predicted molar refractivity (Wildman–Crippen MR) is 49.0 cm³/mol. The monoisotopic (exact) mass is 149 g/mol. The van der Waals surface area contributed by atoms with Crippen LogP contribution < -0.4 is 0 Å². The molecule has 0 saturated carbocycles. The zero-order chi connectivity index (χ0) is 8.53. The van der Waals surface area contributed by atoms with E-state index in [2.05, 4.69) is 24.7 Å². The van der Waals surface area contributed by atoms with E-state index < -0.39 is 0 Å². The summed E-state index contributed by atoms with van der Waals surface area (Å²) in [4.78, 5) is 2.02. The number of unbranched alkanes of at least 4 members (excludes halogenated alkanes) is 1. The van der Waals surface area contributed by atoms with Gasteiger partial charge < -0.3 is 0 Å². The van der Waals surface area contributed by atoms with Gasteiger partial charge in [0.2, 0.25) is 0 Å². The molecule has 0 N–H and O–H groups in total. The summed E-state index contributed by atoms with van der Waals surface area (Å²) in [6.07, 6.45) is 7.24. The summed E-state index contributed by atoms with van der Waals surface area (Å²) in [6.45, 7) is 3.59. The molecule has 0 spiro atoms. The lowest BCUT2D eigenvalue weighted by Crippen LogP contribution is -2.18. The molecule has 0 aromatic carbocycles. The molecular formula is C10H15N. The Bertz CT molecular complexity index is 177. The second-order valence-electron chi connectivity index (χ2n) is 2.48. The maximum absolute atomic E-state index is 5.12. The van der Waals surface area contributed by atoms with Gasteiger partial charge in [-0.2, -0.15) is 0 Å². The molecule has 0 rings (SSSR count). The first kappa shape index (κ1) is 10.1. The van der Waals surface area contributed by atoms with Crippen molar-refractivity contribution < 1.29 is 0 Å². The maximum Gasteiger partial charge on any atom is 0.0607 e. The minimum Gasteiger partial charge on any atom is -0.284 e. The molecule has 1 heteroatoms. The molecule has 0 aromatic heterocycles. The van der Waals surface area contributed by atoms with E-state index in [1.54, 1.807) is 0 Å². The van der Waals surface area contributed by atoms with Crippen LogP contribution in [0.25, 0.3) is 0 Å². The first-order chi connectivity index (χ1) is 5.31. The van der Waals surface area contributed by atoms with Gasteiger partial charge in [0, 0.05) is 6.42 Å². The van der Waals surface area contributed by atoms with Gasteiger partial charge in [0.15, 0.2) is 0 Å². The highest BCUT2D eigenvalue weighted by atomic mass is 15.1. The van der Waals surface area contributed by atoms with E-state index in [-0.39, 0.29) is 0 Å². The van der Waals surface area contributed by atoms with Crippen LogP contribution in [0.2, 0.25) is 0 Å². The fraction of sp³-hybridized carbons (Fsp3) is 0.600. The molecule has 0 heterocycles. The molecule has 0 unspecified atom stereocenters. The van der Waals surface area contributed by atoms with Crippen molar-refractivity contribution in [3.8, 4) is 24.2 Å². The summed E-state index contributed by atoms with van der Waals surface area (Å²) in [5.74, 6) is 8.68. The molecule has 0 aliphatic carbocycles. The van der Waals surface area contributed by atoms with Gasteiger partial charge in [-0.15, -0.1) is 12.3 Å². The van der Waals surface area contributed by atoms with Crippen molar-refractivity contribution in [2.75, 3.05) is 20.1 Å². The highest BCUT2D eigenvalue weighted by Crippen LogP contribution is 1.82. The maximum atomic E-state index is 5.12. The Kier molecular flexibility index (Phi) is 6.59. The van der Waals surface area contributed by atoms with Gasteiger partial charge in [-0.05, 0) is 13.5 Å². The molecule has 1 nitrogen and oxygen atoms in total. The predicted octanol–water partition coefficient (Wildman–Crippen LogP) is 1.35. The molecule has 0 amide bonds. The van der Waals surface area contributed by atoms with Crippen molar-refractivity contribution >= 4 is 0 Å². The van der Waals surface area contributed by atoms with Crippen molar-refractivity contribution in [3.05, 3.63) is 0 Å². The summed E-state index contributed by atoms with van der Waals surface area (Å²) in [7, 11) is 1.97. The Balaban J connectivity index is 3.40. The molecule has 0 aliphatic rings. The summed E-state index contributed by atoms with van der Waals surface area (Å²) >= 11 is 0. The third-order valence-corrected chi connectivity index (χ3v) is 1.21. The van der Waals surface area contributed by atoms with E-state index >= 15 is 0 Å². The first-order valence-corrected chi connectivity index (χ1v) is 3.89. The van der Waals surface area contributed by atoms with Gasteiger partial charge in [0.25, 0.3) is 0 Å². The standard InChI is InChI=1S/C10H15N/c1-4-6-7-8-10-11(3)9-5-2/h2H,4,6,9-10H2,1,3H3. The van der Waals surface area contributed by atoms with Gasteiger partial charge >= 0.3 is 0 Å². The number of rotatable bonds is 3. The first-order valence-electron chi connectivity index (χ1n) is 3.89. The second kappa shape index (κ2) is 7.19. The van der Waals surface area contributed by atoms with E-state index in [0.717, 1.165) is 19.4 Å². The van der Waals surface area contributed by atoms with Gasteiger partial charge in [-0.1, -0.05) is 18.8 Å². The quantitative estimate of drug-likeness (QED) is 0.548. The van der Waals surface area contributed by atoms with Gasteiger partial charge in [-0.25, -0.2) is 0 Å². The molecule has 0 atom stereocenters. The zero-order valence-electron chi connectivity index (χ0n) is 7.35. The molecule has 0 fully saturated rings. The van der Waals surface area contributed by atoms with Crippen LogP contribution in [-0.4, -0.2) is 25.0 Å². The highest BCUT2D eigenvalue weighted by molar-refractivity contribution is 5.01. The molecule has 0 radical (unpaired) electrons. The van der Waals surface area contributed by atoms with Gasteiger partial charge in [-0.3, -0.25) is 4.90 Å². The van der Waals surface area contributed by atoms with Crippen molar-refractivity contribution in [1.82, 2.24) is 4.90 Å². The van der Waals surface area contributed by atoms with E-state index in [9.17, 15) is 0 Å².